The summed E-state index contributed by atoms with van der Waals surface area (Å²) < 4.78 is 0. The summed E-state index contributed by atoms with van der Waals surface area (Å²) in [6.45, 7) is 5.39. The molecule has 3 nitrogen and oxygen atoms in total. The molecular formula is C10H16N2OS. The Kier molecular flexibility index (Phi) is 4.07. The maximum absolute atomic E-state index is 10.5. The van der Waals surface area contributed by atoms with E-state index in [0.29, 0.717) is 10.8 Å². The molecule has 0 atom stereocenters. The molecule has 4 heteroatoms. The van der Waals surface area contributed by atoms with Crippen molar-refractivity contribution in [3.8, 4) is 0 Å². The number of rotatable bonds is 5. The Morgan fingerprint density at radius 1 is 1.64 bits per heavy atom. The summed E-state index contributed by atoms with van der Waals surface area (Å²) in [6, 6.07) is 0. The number of carbonyl (C=O) groups excluding carboxylic acids is 1. The lowest BCUT2D eigenvalue weighted by Gasteiger charge is -2.16. The summed E-state index contributed by atoms with van der Waals surface area (Å²) in [6.07, 6.45) is 3.61. The van der Waals surface area contributed by atoms with Crippen LogP contribution in [0, 0.1) is 5.92 Å². The van der Waals surface area contributed by atoms with E-state index in [1.54, 1.807) is 6.20 Å². The van der Waals surface area contributed by atoms with Gasteiger partial charge in [0.15, 0.2) is 11.4 Å². The van der Waals surface area contributed by atoms with E-state index >= 15 is 0 Å². The Balaban J connectivity index is 2.51. The quantitative estimate of drug-likeness (QED) is 0.703. The van der Waals surface area contributed by atoms with Crippen LogP contribution in [0.1, 0.15) is 29.9 Å². The fourth-order valence-corrected chi connectivity index (χ4v) is 1.77. The van der Waals surface area contributed by atoms with Crippen LogP contribution < -0.4 is 4.90 Å². The van der Waals surface area contributed by atoms with Crippen molar-refractivity contribution in [2.45, 2.75) is 20.3 Å². The summed E-state index contributed by atoms with van der Waals surface area (Å²) in [4.78, 5) is 17.4. The van der Waals surface area contributed by atoms with E-state index in [9.17, 15) is 4.79 Å². The number of hydrogen-bond donors (Lipinski definition) is 0. The number of anilines is 1. The third kappa shape index (κ3) is 3.10. The minimum atomic E-state index is 0.691. The lowest BCUT2D eigenvalue weighted by atomic mass is 10.1. The highest BCUT2D eigenvalue weighted by Gasteiger charge is 2.06. The van der Waals surface area contributed by atoms with E-state index in [1.807, 2.05) is 7.05 Å². The minimum Gasteiger partial charge on any atom is -0.351 e. The molecule has 0 spiro atoms. The molecule has 0 N–H and O–H groups in total. The summed E-state index contributed by atoms with van der Waals surface area (Å²) in [7, 11) is 2.01. The molecule has 0 aliphatic rings. The van der Waals surface area contributed by atoms with Gasteiger partial charge in [-0.05, 0) is 12.3 Å². The van der Waals surface area contributed by atoms with Gasteiger partial charge in [-0.15, -0.1) is 0 Å². The van der Waals surface area contributed by atoms with Crippen LogP contribution in [0.15, 0.2) is 6.20 Å². The van der Waals surface area contributed by atoms with Gasteiger partial charge in [0.2, 0.25) is 0 Å². The van der Waals surface area contributed by atoms with Crippen LogP contribution in [0.4, 0.5) is 5.13 Å². The molecule has 0 saturated carbocycles. The average molecular weight is 212 g/mol. The van der Waals surface area contributed by atoms with Crippen molar-refractivity contribution in [1.82, 2.24) is 4.98 Å². The summed E-state index contributed by atoms with van der Waals surface area (Å²) in [5.41, 5.74) is 0. The van der Waals surface area contributed by atoms with Gasteiger partial charge in [-0.3, -0.25) is 4.79 Å². The zero-order valence-electron chi connectivity index (χ0n) is 8.86. The molecule has 0 saturated heterocycles. The van der Waals surface area contributed by atoms with Crippen molar-refractivity contribution in [1.29, 1.82) is 0 Å². The van der Waals surface area contributed by atoms with Gasteiger partial charge in [-0.25, -0.2) is 4.98 Å². The number of aldehydes is 1. The third-order valence-corrected chi connectivity index (χ3v) is 3.03. The van der Waals surface area contributed by atoms with Crippen LogP contribution in [0.2, 0.25) is 0 Å². The fourth-order valence-electron chi connectivity index (χ4n) is 1.06. The van der Waals surface area contributed by atoms with Crippen molar-refractivity contribution in [3.05, 3.63) is 11.1 Å². The lowest BCUT2D eigenvalue weighted by Crippen LogP contribution is -2.19. The van der Waals surface area contributed by atoms with Crippen molar-refractivity contribution < 1.29 is 4.79 Å². The van der Waals surface area contributed by atoms with Gasteiger partial charge < -0.3 is 4.90 Å². The van der Waals surface area contributed by atoms with Gasteiger partial charge in [-0.2, -0.15) is 0 Å². The van der Waals surface area contributed by atoms with Crippen molar-refractivity contribution >= 4 is 22.8 Å². The van der Waals surface area contributed by atoms with Gasteiger partial charge in [0.25, 0.3) is 0 Å². The maximum atomic E-state index is 10.5. The monoisotopic (exact) mass is 212 g/mol. The largest absolute Gasteiger partial charge is 0.351 e. The Morgan fingerprint density at radius 3 is 2.86 bits per heavy atom. The van der Waals surface area contributed by atoms with Crippen molar-refractivity contribution in [3.63, 3.8) is 0 Å². The molecule has 14 heavy (non-hydrogen) atoms. The third-order valence-electron chi connectivity index (χ3n) is 2.00. The van der Waals surface area contributed by atoms with Gasteiger partial charge in [-0.1, -0.05) is 25.2 Å². The number of thiazole rings is 1. The molecule has 1 heterocycles. The first-order chi connectivity index (χ1) is 6.63. The molecule has 0 radical (unpaired) electrons. The van der Waals surface area contributed by atoms with Crippen molar-refractivity contribution in [2.75, 3.05) is 18.5 Å². The average Bonchev–Trinajstić information content (AvgIpc) is 2.62. The molecule has 0 unspecified atom stereocenters. The normalized spacial score (nSPS) is 10.6. The predicted molar refractivity (Wildman–Crippen MR) is 60.2 cm³/mol. The van der Waals surface area contributed by atoms with E-state index in [0.717, 1.165) is 24.4 Å². The highest BCUT2D eigenvalue weighted by Crippen LogP contribution is 2.20. The van der Waals surface area contributed by atoms with Crippen molar-refractivity contribution in [2.24, 2.45) is 5.92 Å². The number of carbonyl (C=O) groups is 1. The lowest BCUT2D eigenvalue weighted by molar-refractivity contribution is 0.112. The second-order valence-corrected chi connectivity index (χ2v) is 4.81. The Labute approximate surface area is 88.8 Å². The Hall–Kier alpha value is -0.900. The van der Waals surface area contributed by atoms with Crippen LogP contribution in [0.25, 0.3) is 0 Å². The second-order valence-electron chi connectivity index (χ2n) is 3.77. The van der Waals surface area contributed by atoms with Gasteiger partial charge in [0.05, 0.1) is 11.1 Å². The molecule has 0 bridgehead atoms. The zero-order valence-corrected chi connectivity index (χ0v) is 9.67. The SMILES string of the molecule is CC(C)CCN(C)c1ncc(C=O)s1. The van der Waals surface area contributed by atoms with Gasteiger partial charge in [0, 0.05) is 13.6 Å². The molecule has 0 fully saturated rings. The minimum absolute atomic E-state index is 0.691. The summed E-state index contributed by atoms with van der Waals surface area (Å²) in [5.74, 6) is 0.697. The van der Waals surface area contributed by atoms with Gasteiger partial charge in [0.1, 0.15) is 0 Å². The van der Waals surface area contributed by atoms with E-state index in [4.69, 9.17) is 0 Å². The Bertz CT molecular complexity index is 296. The second kappa shape index (κ2) is 5.10. The smallest absolute Gasteiger partial charge is 0.185 e. The van der Waals surface area contributed by atoms with Crippen LogP contribution in [0.5, 0.6) is 0 Å². The Morgan fingerprint density at radius 2 is 2.36 bits per heavy atom. The first kappa shape index (κ1) is 11.2. The predicted octanol–water partition coefficient (Wildman–Crippen LogP) is 2.44. The number of hydrogen-bond acceptors (Lipinski definition) is 4. The van der Waals surface area contributed by atoms with E-state index in [1.165, 1.54) is 11.3 Å². The molecule has 0 aromatic carbocycles. The van der Waals surface area contributed by atoms with Gasteiger partial charge >= 0.3 is 0 Å². The summed E-state index contributed by atoms with van der Waals surface area (Å²) >= 11 is 1.44. The molecular weight excluding hydrogens is 196 g/mol. The molecule has 0 amide bonds. The molecule has 1 aromatic heterocycles. The first-order valence-corrected chi connectivity index (χ1v) is 5.57. The fraction of sp³-hybridized carbons (Fsp3) is 0.600. The molecule has 0 aliphatic carbocycles. The molecule has 1 aromatic rings. The van der Waals surface area contributed by atoms with Crippen LogP contribution in [-0.4, -0.2) is 24.9 Å². The van der Waals surface area contributed by atoms with E-state index in [2.05, 4.69) is 23.7 Å². The molecule has 1 rings (SSSR count). The topological polar surface area (TPSA) is 33.2 Å². The highest BCUT2D eigenvalue weighted by molar-refractivity contribution is 7.17. The molecule has 78 valence electrons. The maximum Gasteiger partial charge on any atom is 0.185 e. The van der Waals surface area contributed by atoms with E-state index in [-0.39, 0.29) is 0 Å². The van der Waals surface area contributed by atoms with Crippen LogP contribution >= 0.6 is 11.3 Å². The molecule has 0 aliphatic heterocycles. The highest BCUT2D eigenvalue weighted by atomic mass is 32.1. The first-order valence-electron chi connectivity index (χ1n) is 4.75. The van der Waals surface area contributed by atoms with E-state index < -0.39 is 0 Å². The van der Waals surface area contributed by atoms with Crippen LogP contribution in [-0.2, 0) is 0 Å². The summed E-state index contributed by atoms with van der Waals surface area (Å²) in [5, 5.41) is 0.924. The number of aromatic nitrogens is 1. The standard InChI is InChI=1S/C10H16N2OS/c1-8(2)4-5-12(3)10-11-6-9(7-13)14-10/h6-8H,4-5H2,1-3H3. The zero-order chi connectivity index (χ0) is 10.6. The van der Waals surface area contributed by atoms with Crippen LogP contribution in [0.3, 0.4) is 0 Å². The number of nitrogens with zero attached hydrogens (tertiary/aromatic N) is 2.